The highest BCUT2D eigenvalue weighted by Crippen LogP contribution is 2.25. The largest absolute Gasteiger partial charge is 0.407 e. The van der Waals surface area contributed by atoms with E-state index < -0.39 is 0 Å². The fraction of sp³-hybridized carbons (Fsp3) is 0.846. The Bertz CT molecular complexity index is 382. The maximum atomic E-state index is 10.0. The lowest BCUT2D eigenvalue weighted by molar-refractivity contribution is 0.104. The van der Waals surface area contributed by atoms with Gasteiger partial charge in [-0.25, -0.2) is 0 Å². The molecule has 2 N–H and O–H groups in total. The van der Waals surface area contributed by atoms with E-state index in [0.29, 0.717) is 18.5 Å². The molecule has 0 amide bonds. The Hall–Kier alpha value is -1.14. The normalized spacial score (nSPS) is 23.5. The van der Waals surface area contributed by atoms with Crippen molar-refractivity contribution in [3.05, 3.63) is 5.89 Å². The highest BCUT2D eigenvalue weighted by molar-refractivity contribution is 5.25. The first-order chi connectivity index (χ1) is 9.22. The number of nitrogens with zero attached hydrogens (tertiary/aromatic N) is 3. The number of hydrogen-bond acceptors (Lipinski definition) is 6. The molecule has 2 rings (SSSR count). The van der Waals surface area contributed by atoms with Crippen LogP contribution in [0.25, 0.3) is 0 Å². The number of aliphatic hydroxyl groups excluding tert-OH is 1. The number of rotatable bonds is 6. The second kappa shape index (κ2) is 6.86. The Morgan fingerprint density at radius 3 is 2.89 bits per heavy atom. The number of anilines is 1. The molecule has 0 spiro atoms. The van der Waals surface area contributed by atoms with Crippen LogP contribution in [-0.2, 0) is 6.54 Å². The lowest BCUT2D eigenvalue weighted by Gasteiger charge is -2.33. The summed E-state index contributed by atoms with van der Waals surface area (Å²) in [5.74, 6) is 0.598. The van der Waals surface area contributed by atoms with Gasteiger partial charge in [0.05, 0.1) is 18.7 Å². The predicted molar refractivity (Wildman–Crippen MR) is 73.0 cm³/mol. The first-order valence-electron chi connectivity index (χ1n) is 7.16. The van der Waals surface area contributed by atoms with Gasteiger partial charge in [0, 0.05) is 7.05 Å². The van der Waals surface area contributed by atoms with Crippen LogP contribution in [0.5, 0.6) is 0 Å². The third-order valence-corrected chi connectivity index (χ3v) is 3.65. The van der Waals surface area contributed by atoms with Crippen molar-refractivity contribution < 1.29 is 9.52 Å². The Morgan fingerprint density at radius 1 is 1.37 bits per heavy atom. The minimum absolute atomic E-state index is 0.0886. The zero-order valence-electron chi connectivity index (χ0n) is 11.8. The van der Waals surface area contributed by atoms with Crippen LogP contribution in [0.1, 0.15) is 44.9 Å². The van der Waals surface area contributed by atoms with E-state index in [9.17, 15) is 5.11 Å². The van der Waals surface area contributed by atoms with Gasteiger partial charge in [0.25, 0.3) is 0 Å². The van der Waals surface area contributed by atoms with Gasteiger partial charge in [0.1, 0.15) is 0 Å². The Balaban J connectivity index is 1.93. The summed E-state index contributed by atoms with van der Waals surface area (Å²) < 4.78 is 5.62. The van der Waals surface area contributed by atoms with E-state index in [1.807, 2.05) is 11.9 Å². The van der Waals surface area contributed by atoms with Crippen LogP contribution in [-0.4, -0.2) is 41.0 Å². The summed E-state index contributed by atoms with van der Waals surface area (Å²) in [6.07, 6.45) is 4.85. The lowest BCUT2D eigenvalue weighted by atomic mass is 9.92. The van der Waals surface area contributed by atoms with Gasteiger partial charge in [0.2, 0.25) is 5.89 Å². The molecular formula is C13H24N4O2. The molecule has 1 aliphatic carbocycles. The molecule has 1 heterocycles. The second-order valence-electron chi connectivity index (χ2n) is 5.19. The van der Waals surface area contributed by atoms with Crippen molar-refractivity contribution >= 4 is 6.01 Å². The highest BCUT2D eigenvalue weighted by atomic mass is 16.4. The highest BCUT2D eigenvalue weighted by Gasteiger charge is 2.29. The van der Waals surface area contributed by atoms with Gasteiger partial charge in [-0.3, -0.25) is 0 Å². The predicted octanol–water partition coefficient (Wildman–Crippen LogP) is 1.31. The molecule has 1 aromatic heterocycles. The van der Waals surface area contributed by atoms with Gasteiger partial charge in [-0.2, -0.15) is 0 Å². The third-order valence-electron chi connectivity index (χ3n) is 3.65. The van der Waals surface area contributed by atoms with Crippen molar-refractivity contribution in [2.24, 2.45) is 0 Å². The summed E-state index contributed by atoms with van der Waals surface area (Å²) >= 11 is 0. The van der Waals surface area contributed by atoms with Crippen LogP contribution in [0.4, 0.5) is 6.01 Å². The molecule has 1 aliphatic rings. The molecule has 0 saturated heterocycles. The Kier molecular flexibility index (Phi) is 5.15. The van der Waals surface area contributed by atoms with E-state index in [1.165, 1.54) is 0 Å². The molecule has 0 aromatic carbocycles. The minimum Gasteiger partial charge on any atom is -0.407 e. The van der Waals surface area contributed by atoms with Crippen molar-refractivity contribution in [1.82, 2.24) is 15.5 Å². The summed E-state index contributed by atoms with van der Waals surface area (Å²) in [4.78, 5) is 1.92. The first-order valence-corrected chi connectivity index (χ1v) is 7.16. The van der Waals surface area contributed by atoms with E-state index >= 15 is 0 Å². The van der Waals surface area contributed by atoms with E-state index in [-0.39, 0.29) is 12.1 Å². The molecule has 1 saturated carbocycles. The summed E-state index contributed by atoms with van der Waals surface area (Å²) in [7, 11) is 1.91. The average molecular weight is 268 g/mol. The Morgan fingerprint density at radius 2 is 2.16 bits per heavy atom. The average Bonchev–Trinajstić information content (AvgIpc) is 2.88. The van der Waals surface area contributed by atoms with Crippen molar-refractivity contribution in [3.8, 4) is 0 Å². The third kappa shape index (κ3) is 3.67. The van der Waals surface area contributed by atoms with Crippen molar-refractivity contribution in [3.63, 3.8) is 0 Å². The molecule has 0 radical (unpaired) electrons. The molecule has 0 aliphatic heterocycles. The van der Waals surface area contributed by atoms with Gasteiger partial charge in [0.15, 0.2) is 0 Å². The molecular weight excluding hydrogens is 244 g/mol. The van der Waals surface area contributed by atoms with Crippen LogP contribution in [0, 0.1) is 0 Å². The Labute approximate surface area is 114 Å². The smallest absolute Gasteiger partial charge is 0.318 e. The number of likely N-dealkylation sites (N-methyl/N-ethyl adjacent to an activating group) is 1. The molecule has 19 heavy (non-hydrogen) atoms. The van der Waals surface area contributed by atoms with E-state index in [1.54, 1.807) is 0 Å². The van der Waals surface area contributed by atoms with Gasteiger partial charge >= 0.3 is 6.01 Å². The van der Waals surface area contributed by atoms with Crippen LogP contribution < -0.4 is 10.2 Å². The van der Waals surface area contributed by atoms with Gasteiger partial charge < -0.3 is 19.7 Å². The molecule has 6 heteroatoms. The van der Waals surface area contributed by atoms with Gasteiger partial charge in [-0.1, -0.05) is 24.9 Å². The zero-order chi connectivity index (χ0) is 13.7. The lowest BCUT2D eigenvalue weighted by Crippen LogP contribution is -2.43. The fourth-order valence-electron chi connectivity index (χ4n) is 2.52. The summed E-state index contributed by atoms with van der Waals surface area (Å²) in [6, 6.07) is 0.588. The number of nitrogens with one attached hydrogen (secondary N) is 1. The summed E-state index contributed by atoms with van der Waals surface area (Å²) in [5, 5.41) is 21.4. The summed E-state index contributed by atoms with van der Waals surface area (Å²) in [5.41, 5.74) is 0. The monoisotopic (exact) mass is 268 g/mol. The second-order valence-corrected chi connectivity index (χ2v) is 5.19. The maximum Gasteiger partial charge on any atom is 0.318 e. The van der Waals surface area contributed by atoms with Crippen LogP contribution in [0.2, 0.25) is 0 Å². The zero-order valence-corrected chi connectivity index (χ0v) is 11.8. The van der Waals surface area contributed by atoms with Crippen molar-refractivity contribution in [2.75, 3.05) is 18.5 Å². The standard InChI is InChI=1S/C13H24N4O2/c1-3-8-14-9-12-15-16-13(19-12)17(2)10-6-4-5-7-11(10)18/h10-11,14,18H,3-9H2,1-2H3. The van der Waals surface area contributed by atoms with E-state index in [4.69, 9.17) is 4.42 Å². The maximum absolute atomic E-state index is 10.0. The van der Waals surface area contributed by atoms with Crippen molar-refractivity contribution in [1.29, 1.82) is 0 Å². The number of aromatic nitrogens is 2. The SMILES string of the molecule is CCCNCc1nnc(N(C)C2CCCCC2O)o1. The fourth-order valence-corrected chi connectivity index (χ4v) is 2.52. The molecule has 108 valence electrons. The summed E-state index contributed by atoms with van der Waals surface area (Å²) in [6.45, 7) is 3.65. The number of aliphatic hydroxyl groups is 1. The van der Waals surface area contributed by atoms with Crippen LogP contribution >= 0.6 is 0 Å². The van der Waals surface area contributed by atoms with Crippen molar-refractivity contribution in [2.45, 2.75) is 57.7 Å². The molecule has 2 unspecified atom stereocenters. The number of hydrogen-bond donors (Lipinski definition) is 2. The first kappa shape index (κ1) is 14.3. The van der Waals surface area contributed by atoms with E-state index in [2.05, 4.69) is 22.4 Å². The topological polar surface area (TPSA) is 74.4 Å². The van der Waals surface area contributed by atoms with E-state index in [0.717, 1.165) is 38.6 Å². The minimum atomic E-state index is -0.299. The van der Waals surface area contributed by atoms with Gasteiger partial charge in [-0.05, 0) is 25.8 Å². The molecule has 1 aromatic rings. The molecule has 6 nitrogen and oxygen atoms in total. The molecule has 2 atom stereocenters. The van der Waals surface area contributed by atoms with Gasteiger partial charge in [-0.15, -0.1) is 5.10 Å². The molecule has 1 fully saturated rings. The quantitative estimate of drug-likeness (QED) is 0.758. The van der Waals surface area contributed by atoms with Crippen LogP contribution in [0.15, 0.2) is 4.42 Å². The molecule has 0 bridgehead atoms. The van der Waals surface area contributed by atoms with Crippen LogP contribution in [0.3, 0.4) is 0 Å².